The van der Waals surface area contributed by atoms with Gasteiger partial charge in [0, 0.05) is 39.3 Å². The van der Waals surface area contributed by atoms with Crippen molar-refractivity contribution in [2.45, 2.75) is 38.5 Å². The molecule has 24 heavy (non-hydrogen) atoms. The Bertz CT molecular complexity index is 540. The topological polar surface area (TPSA) is 39.7 Å². The summed E-state index contributed by atoms with van der Waals surface area (Å²) >= 11 is 0. The minimum atomic E-state index is -4.28. The molecule has 2 N–H and O–H groups in total. The van der Waals surface area contributed by atoms with Gasteiger partial charge in [0.15, 0.2) is 5.96 Å². The summed E-state index contributed by atoms with van der Waals surface area (Å²) < 4.78 is 37.8. The lowest BCUT2D eigenvalue weighted by molar-refractivity contribution is -0.137. The fourth-order valence-electron chi connectivity index (χ4n) is 2.78. The zero-order chi connectivity index (χ0) is 17.6. The number of guanidine groups is 1. The van der Waals surface area contributed by atoms with Crippen LogP contribution in [0.2, 0.25) is 0 Å². The summed E-state index contributed by atoms with van der Waals surface area (Å²) in [5.41, 5.74) is 0.301. The van der Waals surface area contributed by atoms with Crippen LogP contribution in [0.4, 0.5) is 13.2 Å². The van der Waals surface area contributed by atoms with Gasteiger partial charge in [0.05, 0.1) is 5.56 Å². The van der Waals surface area contributed by atoms with E-state index in [4.69, 9.17) is 0 Å². The molecule has 1 atom stereocenters. The number of likely N-dealkylation sites (tertiary alicyclic amines) is 1. The Kier molecular flexibility index (Phi) is 6.48. The smallest absolute Gasteiger partial charge is 0.356 e. The van der Waals surface area contributed by atoms with Gasteiger partial charge in [0.25, 0.3) is 0 Å². The van der Waals surface area contributed by atoms with Gasteiger partial charge in [-0.1, -0.05) is 19.1 Å². The number of hydrogen-bond acceptors (Lipinski definition) is 2. The van der Waals surface area contributed by atoms with Crippen LogP contribution in [0.5, 0.6) is 0 Å². The normalized spacial score (nSPS) is 19.5. The van der Waals surface area contributed by atoms with Crippen LogP contribution in [-0.4, -0.2) is 43.6 Å². The first-order chi connectivity index (χ1) is 11.4. The molecule has 1 aliphatic heterocycles. The zero-order valence-corrected chi connectivity index (χ0v) is 14.2. The minimum absolute atomic E-state index is 0.308. The molecule has 1 saturated heterocycles. The van der Waals surface area contributed by atoms with Gasteiger partial charge in [-0.2, -0.15) is 13.2 Å². The predicted octanol–water partition coefficient (Wildman–Crippen LogP) is 2.85. The molecule has 7 heteroatoms. The summed E-state index contributed by atoms with van der Waals surface area (Å²) in [4.78, 5) is 6.44. The number of alkyl halides is 3. The van der Waals surface area contributed by atoms with Gasteiger partial charge in [-0.3, -0.25) is 9.89 Å². The van der Waals surface area contributed by atoms with Crippen LogP contribution >= 0.6 is 0 Å². The summed E-state index contributed by atoms with van der Waals surface area (Å²) in [6, 6.07) is 5.73. The van der Waals surface area contributed by atoms with Crippen molar-refractivity contribution < 1.29 is 13.2 Å². The van der Waals surface area contributed by atoms with E-state index >= 15 is 0 Å². The van der Waals surface area contributed by atoms with Crippen LogP contribution in [0.3, 0.4) is 0 Å². The molecule has 0 aliphatic carbocycles. The number of nitrogens with one attached hydrogen (secondary N) is 2. The van der Waals surface area contributed by atoms with E-state index in [1.807, 2.05) is 0 Å². The number of rotatable bonds is 5. The molecular formula is C17H25F3N4. The summed E-state index contributed by atoms with van der Waals surface area (Å²) in [6.07, 6.45) is -2.25. The zero-order valence-electron chi connectivity index (χ0n) is 14.2. The molecule has 0 amide bonds. The lowest BCUT2D eigenvalue weighted by Gasteiger charge is -2.19. The molecule has 2 rings (SSSR count). The highest BCUT2D eigenvalue weighted by Gasteiger charge is 2.30. The minimum Gasteiger partial charge on any atom is -0.356 e. The Morgan fingerprint density at radius 2 is 2.00 bits per heavy atom. The van der Waals surface area contributed by atoms with Crippen LogP contribution in [-0.2, 0) is 12.7 Å². The van der Waals surface area contributed by atoms with Crippen LogP contribution in [0.15, 0.2) is 29.3 Å². The third-order valence-electron chi connectivity index (χ3n) is 4.07. The Labute approximate surface area is 141 Å². The molecule has 1 aromatic carbocycles. The van der Waals surface area contributed by atoms with Crippen molar-refractivity contribution >= 4 is 5.96 Å². The van der Waals surface area contributed by atoms with E-state index in [2.05, 4.69) is 27.4 Å². The lowest BCUT2D eigenvalue weighted by Crippen LogP contribution is -2.44. The SMILES string of the molecule is CCCNC(=NC)NC1CCN(Cc2ccc(C(F)(F)F)cc2)C1. The molecule has 1 aromatic rings. The highest BCUT2D eigenvalue weighted by molar-refractivity contribution is 5.79. The van der Waals surface area contributed by atoms with Gasteiger partial charge >= 0.3 is 6.18 Å². The van der Waals surface area contributed by atoms with Gasteiger partial charge in [0.2, 0.25) is 0 Å². The van der Waals surface area contributed by atoms with E-state index in [9.17, 15) is 13.2 Å². The summed E-state index contributed by atoms with van der Waals surface area (Å²) in [6.45, 7) is 5.41. The predicted molar refractivity (Wildman–Crippen MR) is 89.9 cm³/mol. The van der Waals surface area contributed by atoms with Crippen LogP contribution in [0.1, 0.15) is 30.9 Å². The van der Waals surface area contributed by atoms with Crippen molar-refractivity contribution in [2.24, 2.45) is 4.99 Å². The van der Waals surface area contributed by atoms with Crippen molar-refractivity contribution in [3.05, 3.63) is 35.4 Å². The van der Waals surface area contributed by atoms with E-state index in [1.165, 1.54) is 0 Å². The van der Waals surface area contributed by atoms with E-state index in [-0.39, 0.29) is 0 Å². The molecule has 0 radical (unpaired) electrons. The molecule has 4 nitrogen and oxygen atoms in total. The summed E-state index contributed by atoms with van der Waals surface area (Å²) in [5, 5.41) is 6.64. The second kappa shape index (κ2) is 8.37. The third-order valence-corrected chi connectivity index (χ3v) is 4.07. The molecule has 0 aromatic heterocycles. The lowest BCUT2D eigenvalue weighted by atomic mass is 10.1. The fraction of sp³-hybridized carbons (Fsp3) is 0.588. The average Bonchev–Trinajstić information content (AvgIpc) is 2.98. The number of halogens is 3. The van der Waals surface area contributed by atoms with Crippen LogP contribution < -0.4 is 10.6 Å². The quantitative estimate of drug-likeness (QED) is 0.638. The molecule has 1 aliphatic rings. The van der Waals surface area contributed by atoms with Gasteiger partial charge in [-0.15, -0.1) is 0 Å². The number of nitrogens with zero attached hydrogens (tertiary/aromatic N) is 2. The van der Waals surface area contributed by atoms with Crippen molar-refractivity contribution in [2.75, 3.05) is 26.7 Å². The van der Waals surface area contributed by atoms with Crippen molar-refractivity contribution in [3.8, 4) is 0 Å². The number of benzene rings is 1. The average molecular weight is 342 g/mol. The largest absolute Gasteiger partial charge is 0.416 e. The molecule has 134 valence electrons. The van der Waals surface area contributed by atoms with Gasteiger partial charge < -0.3 is 10.6 Å². The Morgan fingerprint density at radius 1 is 1.29 bits per heavy atom. The first-order valence-corrected chi connectivity index (χ1v) is 8.28. The van der Waals surface area contributed by atoms with Crippen molar-refractivity contribution in [1.82, 2.24) is 15.5 Å². The van der Waals surface area contributed by atoms with Crippen molar-refractivity contribution in [1.29, 1.82) is 0 Å². The fourth-order valence-corrected chi connectivity index (χ4v) is 2.78. The van der Waals surface area contributed by atoms with E-state index in [0.717, 1.165) is 56.1 Å². The second-order valence-corrected chi connectivity index (χ2v) is 6.06. The van der Waals surface area contributed by atoms with Gasteiger partial charge in [0.1, 0.15) is 0 Å². The maximum atomic E-state index is 12.6. The highest BCUT2D eigenvalue weighted by Crippen LogP contribution is 2.29. The molecular weight excluding hydrogens is 317 g/mol. The van der Waals surface area contributed by atoms with Crippen LogP contribution in [0, 0.1) is 0 Å². The highest BCUT2D eigenvalue weighted by atomic mass is 19.4. The first kappa shape index (κ1) is 18.6. The first-order valence-electron chi connectivity index (χ1n) is 8.28. The second-order valence-electron chi connectivity index (χ2n) is 6.06. The summed E-state index contributed by atoms with van der Waals surface area (Å²) in [5.74, 6) is 0.804. The third kappa shape index (κ3) is 5.40. The molecule has 0 saturated carbocycles. The Morgan fingerprint density at radius 3 is 2.58 bits per heavy atom. The number of aliphatic imine (C=N–C) groups is 1. The standard InChI is InChI=1S/C17H25F3N4/c1-3-9-22-16(21-2)23-15-8-10-24(12-15)11-13-4-6-14(7-5-13)17(18,19)20/h4-7,15H,3,8-12H2,1-2H3,(H2,21,22,23). The molecule has 1 heterocycles. The monoisotopic (exact) mass is 342 g/mol. The van der Waals surface area contributed by atoms with E-state index < -0.39 is 11.7 Å². The van der Waals surface area contributed by atoms with Gasteiger partial charge in [-0.25, -0.2) is 0 Å². The Balaban J connectivity index is 1.83. The van der Waals surface area contributed by atoms with E-state index in [0.29, 0.717) is 12.6 Å². The maximum Gasteiger partial charge on any atom is 0.416 e. The number of hydrogen-bond donors (Lipinski definition) is 2. The molecule has 0 bridgehead atoms. The maximum absolute atomic E-state index is 12.6. The van der Waals surface area contributed by atoms with Crippen LogP contribution in [0.25, 0.3) is 0 Å². The summed E-state index contributed by atoms with van der Waals surface area (Å²) in [7, 11) is 1.75. The molecule has 1 fully saturated rings. The molecule has 0 spiro atoms. The molecule has 1 unspecified atom stereocenters. The Hall–Kier alpha value is -1.76. The van der Waals surface area contributed by atoms with Gasteiger partial charge in [-0.05, 0) is 30.5 Å². The van der Waals surface area contributed by atoms with E-state index in [1.54, 1.807) is 19.2 Å². The van der Waals surface area contributed by atoms with Crippen molar-refractivity contribution in [3.63, 3.8) is 0 Å².